The van der Waals surface area contributed by atoms with Gasteiger partial charge in [0, 0.05) is 25.6 Å². The Labute approximate surface area is 157 Å². The third-order valence-electron chi connectivity index (χ3n) is 4.96. The van der Waals surface area contributed by atoms with Crippen molar-refractivity contribution in [3.8, 4) is 11.5 Å². The van der Waals surface area contributed by atoms with Crippen LogP contribution in [0.25, 0.3) is 11.5 Å². The van der Waals surface area contributed by atoms with Crippen LogP contribution in [0.2, 0.25) is 0 Å². The van der Waals surface area contributed by atoms with E-state index in [1.165, 1.54) is 12.1 Å². The maximum Gasteiger partial charge on any atom is 0.331 e. The Balaban J connectivity index is 1.71. The second kappa shape index (κ2) is 7.13. The van der Waals surface area contributed by atoms with Crippen LogP contribution < -0.4 is 11.0 Å². The molecule has 142 valence electrons. The monoisotopic (exact) mass is 369 g/mol. The van der Waals surface area contributed by atoms with E-state index >= 15 is 0 Å². The van der Waals surface area contributed by atoms with Crippen molar-refractivity contribution in [2.75, 3.05) is 5.32 Å². The van der Waals surface area contributed by atoms with Crippen LogP contribution in [-0.2, 0) is 25.9 Å². The van der Waals surface area contributed by atoms with Gasteiger partial charge < -0.3 is 5.32 Å². The lowest BCUT2D eigenvalue weighted by atomic mass is 10.1. The minimum atomic E-state index is -0.240. The number of hydrogen-bond acceptors (Lipinski definition) is 4. The number of aromatic nitrogens is 4. The highest BCUT2D eigenvalue weighted by Gasteiger charge is 2.31. The van der Waals surface area contributed by atoms with Crippen LogP contribution in [0.5, 0.6) is 0 Å². The van der Waals surface area contributed by atoms with Crippen LogP contribution >= 0.6 is 0 Å². The molecule has 1 atom stereocenters. The molecule has 27 heavy (non-hydrogen) atoms. The van der Waals surface area contributed by atoms with E-state index in [0.717, 1.165) is 42.2 Å². The highest BCUT2D eigenvalue weighted by molar-refractivity contribution is 5.69. The van der Waals surface area contributed by atoms with Crippen LogP contribution in [-0.4, -0.2) is 25.1 Å². The number of fused-ring (bicyclic) bond motifs is 3. The van der Waals surface area contributed by atoms with Crippen LogP contribution in [0.1, 0.15) is 38.1 Å². The highest BCUT2D eigenvalue weighted by Crippen LogP contribution is 2.31. The number of nitrogens with zero attached hydrogens (tertiary/aromatic N) is 4. The van der Waals surface area contributed by atoms with Gasteiger partial charge >= 0.3 is 5.69 Å². The zero-order valence-electron chi connectivity index (χ0n) is 15.7. The molecule has 0 bridgehead atoms. The molecule has 1 unspecified atom stereocenters. The molecule has 3 aliphatic rings. The number of benzene rings is 1. The molecular formula is C20H24FN5O. The predicted molar refractivity (Wildman–Crippen MR) is 103 cm³/mol. The molecule has 0 fully saturated rings. The van der Waals surface area contributed by atoms with Crippen molar-refractivity contribution in [1.29, 1.82) is 0 Å². The predicted octanol–water partition coefficient (Wildman–Crippen LogP) is 3.08. The molecule has 0 amide bonds. The molecule has 0 spiro atoms. The van der Waals surface area contributed by atoms with Gasteiger partial charge in [-0.1, -0.05) is 26.0 Å². The standard InChI is InChI=1S/C20H24FN5O/c1-3-5-16-23-17-18-22-15(11-13-6-8-14(21)9-7-13)12-26(18)20(27)25(10-4-2)19(17)24-16/h6-9,15,22H,3-5,10-12H2,1-2H3. The number of aryl methyl sites for hydroxylation is 1. The summed E-state index contributed by atoms with van der Waals surface area (Å²) < 4.78 is 16.7. The van der Waals surface area contributed by atoms with Crippen molar-refractivity contribution in [3.63, 3.8) is 0 Å². The molecule has 1 aromatic carbocycles. The van der Waals surface area contributed by atoms with Crippen LogP contribution in [0.15, 0.2) is 29.1 Å². The van der Waals surface area contributed by atoms with E-state index in [2.05, 4.69) is 24.1 Å². The first-order valence-electron chi connectivity index (χ1n) is 9.61. The second-order valence-electron chi connectivity index (χ2n) is 7.13. The Hall–Kier alpha value is -2.70. The first-order chi connectivity index (χ1) is 13.1. The smallest absolute Gasteiger partial charge is 0.331 e. The molecule has 3 aliphatic heterocycles. The number of rotatable bonds is 6. The zero-order chi connectivity index (χ0) is 19.0. The molecule has 6 nitrogen and oxygen atoms in total. The fraction of sp³-hybridized carbons (Fsp3) is 0.450. The van der Waals surface area contributed by atoms with Gasteiger partial charge in [-0.05, 0) is 37.0 Å². The van der Waals surface area contributed by atoms with E-state index in [-0.39, 0.29) is 17.5 Å². The summed E-state index contributed by atoms with van der Waals surface area (Å²) in [5.41, 5.74) is 1.76. The average molecular weight is 369 g/mol. The largest absolute Gasteiger partial charge is 0.365 e. The first kappa shape index (κ1) is 17.7. The minimum Gasteiger partial charge on any atom is -0.365 e. The lowest BCUT2D eigenvalue weighted by molar-refractivity contribution is 0.560. The zero-order valence-corrected chi connectivity index (χ0v) is 15.7. The molecule has 0 aliphatic carbocycles. The van der Waals surface area contributed by atoms with Crippen LogP contribution in [0, 0.1) is 5.82 Å². The van der Waals surface area contributed by atoms with Gasteiger partial charge in [-0.25, -0.2) is 19.2 Å². The summed E-state index contributed by atoms with van der Waals surface area (Å²) in [6.45, 7) is 5.34. The lowest BCUT2D eigenvalue weighted by Gasteiger charge is -2.13. The molecule has 0 radical (unpaired) electrons. The second-order valence-corrected chi connectivity index (χ2v) is 7.13. The molecule has 1 N–H and O–H groups in total. The molecule has 0 aromatic heterocycles. The van der Waals surface area contributed by atoms with Crippen molar-refractivity contribution in [3.05, 3.63) is 52.0 Å². The van der Waals surface area contributed by atoms with E-state index in [9.17, 15) is 9.18 Å². The summed E-state index contributed by atoms with van der Waals surface area (Å²) in [4.78, 5) is 22.4. The van der Waals surface area contributed by atoms with Gasteiger partial charge in [0.25, 0.3) is 0 Å². The number of imidazole rings is 1. The van der Waals surface area contributed by atoms with E-state index in [1.807, 2.05) is 0 Å². The minimum absolute atomic E-state index is 0.0450. The summed E-state index contributed by atoms with van der Waals surface area (Å²) in [6.07, 6.45) is 3.33. The summed E-state index contributed by atoms with van der Waals surface area (Å²) in [5.74, 6) is 1.97. The van der Waals surface area contributed by atoms with E-state index in [1.54, 1.807) is 21.3 Å². The van der Waals surface area contributed by atoms with Crippen LogP contribution in [0.4, 0.5) is 10.2 Å². The van der Waals surface area contributed by atoms with Gasteiger partial charge in [-0.2, -0.15) is 0 Å². The Morgan fingerprint density at radius 3 is 2.67 bits per heavy atom. The summed E-state index contributed by atoms with van der Waals surface area (Å²) >= 11 is 0. The van der Waals surface area contributed by atoms with Crippen molar-refractivity contribution in [2.24, 2.45) is 0 Å². The quantitative estimate of drug-likeness (QED) is 0.725. The third-order valence-corrected chi connectivity index (χ3v) is 4.96. The molecule has 3 heterocycles. The third kappa shape index (κ3) is 3.22. The average Bonchev–Trinajstić information content (AvgIpc) is 3.25. The topological polar surface area (TPSA) is 64.7 Å². The van der Waals surface area contributed by atoms with Gasteiger partial charge in [-0.15, -0.1) is 0 Å². The van der Waals surface area contributed by atoms with Crippen molar-refractivity contribution in [1.82, 2.24) is 19.1 Å². The number of halogens is 1. The highest BCUT2D eigenvalue weighted by atomic mass is 19.1. The molecule has 7 heteroatoms. The van der Waals surface area contributed by atoms with Crippen LogP contribution in [0.3, 0.4) is 0 Å². The van der Waals surface area contributed by atoms with E-state index in [0.29, 0.717) is 25.3 Å². The van der Waals surface area contributed by atoms with E-state index < -0.39 is 0 Å². The van der Waals surface area contributed by atoms with E-state index in [4.69, 9.17) is 4.98 Å². The Morgan fingerprint density at radius 1 is 1.19 bits per heavy atom. The number of nitrogens with one attached hydrogen (secondary N) is 1. The maximum atomic E-state index is 13.1. The van der Waals surface area contributed by atoms with Gasteiger partial charge in [0.15, 0.2) is 5.82 Å². The Kier molecular flexibility index (Phi) is 4.68. The molecule has 0 saturated heterocycles. The van der Waals surface area contributed by atoms with Gasteiger partial charge in [0.2, 0.25) is 0 Å². The summed E-state index contributed by atoms with van der Waals surface area (Å²) in [5, 5.41) is 3.46. The normalized spacial score (nSPS) is 15.9. The first-order valence-corrected chi connectivity index (χ1v) is 9.61. The lowest BCUT2D eigenvalue weighted by Crippen LogP contribution is -2.32. The Bertz CT molecular complexity index is 975. The fourth-order valence-electron chi connectivity index (χ4n) is 3.74. The molecule has 4 rings (SSSR count). The number of hydrogen-bond donors (Lipinski definition) is 1. The summed E-state index contributed by atoms with van der Waals surface area (Å²) in [7, 11) is 0. The van der Waals surface area contributed by atoms with Crippen molar-refractivity contribution in [2.45, 2.75) is 58.7 Å². The van der Waals surface area contributed by atoms with Crippen molar-refractivity contribution < 1.29 is 4.39 Å². The van der Waals surface area contributed by atoms with Gasteiger partial charge in [0.05, 0.1) is 0 Å². The van der Waals surface area contributed by atoms with Gasteiger partial charge in [0.1, 0.15) is 23.2 Å². The summed E-state index contributed by atoms with van der Waals surface area (Å²) in [6, 6.07) is 6.58. The van der Waals surface area contributed by atoms with Crippen molar-refractivity contribution >= 4 is 5.82 Å². The van der Waals surface area contributed by atoms with Gasteiger partial charge in [-0.3, -0.25) is 9.13 Å². The molecule has 1 aromatic rings. The SMILES string of the molecule is CCCc1nc2c3n(c(=O)n(CCC)c-2n1)CC(Cc1ccc(F)cc1)N3. The molecule has 0 saturated carbocycles. The number of anilines is 1. The molecular weight excluding hydrogens is 345 g/mol. The maximum absolute atomic E-state index is 13.1. The Morgan fingerprint density at radius 2 is 1.96 bits per heavy atom. The fourth-order valence-corrected chi connectivity index (χ4v) is 3.74.